The zero-order valence-electron chi connectivity index (χ0n) is 53.9. The van der Waals surface area contributed by atoms with Crippen LogP contribution in [0.1, 0.15) is 0 Å². The molecular weight excluding hydrogens is 1220 g/mol. The summed E-state index contributed by atoms with van der Waals surface area (Å²) in [5, 5.41) is 13.7. The minimum Gasteiger partial charge on any atom is -0.254 e. The van der Waals surface area contributed by atoms with Crippen molar-refractivity contribution in [1.29, 1.82) is 0 Å². The normalized spacial score (nSPS) is 11.6. The van der Waals surface area contributed by atoms with E-state index in [2.05, 4.69) is 325 Å². The molecule has 0 amide bonds. The molecule has 8 aromatic heterocycles. The lowest BCUT2D eigenvalue weighted by molar-refractivity contribution is 1.36. The smallest absolute Gasteiger partial charge is 0.0972 e. The Balaban J connectivity index is 0.000000139. The summed E-state index contributed by atoms with van der Waals surface area (Å²) in [5.41, 5.74) is 24.3. The second-order valence-corrected chi connectivity index (χ2v) is 25.5. The summed E-state index contributed by atoms with van der Waals surface area (Å²) in [7, 11) is 0. The number of hydrogen-bond acceptors (Lipinski definition) is 8. The molecule has 20 aromatic rings. The van der Waals surface area contributed by atoms with Gasteiger partial charge in [-0.3, -0.25) is 9.97 Å². The van der Waals surface area contributed by atoms with Gasteiger partial charge in [-0.05, 0) is 135 Å². The van der Waals surface area contributed by atoms with E-state index in [9.17, 15) is 0 Å². The van der Waals surface area contributed by atoms with Crippen LogP contribution in [-0.2, 0) is 0 Å². The Hall–Kier alpha value is -13.6. The Labute approximate surface area is 575 Å². The predicted molar refractivity (Wildman–Crippen MR) is 414 cm³/mol. The van der Waals surface area contributed by atoms with E-state index in [0.29, 0.717) is 0 Å². The van der Waals surface area contributed by atoms with E-state index in [1.54, 1.807) is 0 Å². The molecule has 12 aromatic carbocycles. The summed E-state index contributed by atoms with van der Waals surface area (Å²) in [4.78, 5) is 39.5. The first-order valence-electron chi connectivity index (χ1n) is 33.6. The van der Waals surface area contributed by atoms with Crippen molar-refractivity contribution in [2.45, 2.75) is 0 Å². The monoisotopic (exact) mass is 1270 g/mol. The van der Waals surface area contributed by atoms with Crippen molar-refractivity contribution in [3.05, 3.63) is 340 Å². The van der Waals surface area contributed by atoms with Crippen LogP contribution in [0.2, 0.25) is 0 Å². The van der Waals surface area contributed by atoms with Gasteiger partial charge in [0.15, 0.2) is 0 Å². The number of aromatic nitrogens is 8. The molecule has 0 unspecified atom stereocenters. The molecule has 0 radical (unpaired) electrons. The quantitative estimate of drug-likeness (QED) is 0.139. The second kappa shape index (κ2) is 24.3. The topological polar surface area (TPSA) is 103 Å². The molecule has 20 rings (SSSR count). The minimum atomic E-state index is 0.921. The molecule has 8 heterocycles. The highest BCUT2D eigenvalue weighted by atomic mass is 14.8. The highest BCUT2D eigenvalue weighted by Crippen LogP contribution is 2.36. The van der Waals surface area contributed by atoms with Gasteiger partial charge in [-0.15, -0.1) is 0 Å². The zero-order chi connectivity index (χ0) is 66.0. The lowest BCUT2D eigenvalue weighted by Gasteiger charge is -2.10. The molecule has 8 nitrogen and oxygen atoms in total. The van der Waals surface area contributed by atoms with Crippen LogP contribution < -0.4 is 0 Å². The Morgan fingerprint density at radius 1 is 0.160 bits per heavy atom. The number of benzene rings is 12. The molecule has 0 spiro atoms. The highest BCUT2D eigenvalue weighted by molar-refractivity contribution is 6.05. The number of nitrogens with zero attached hydrogens (tertiary/aromatic N) is 8. The van der Waals surface area contributed by atoms with Gasteiger partial charge < -0.3 is 0 Å². The van der Waals surface area contributed by atoms with Crippen molar-refractivity contribution < 1.29 is 0 Å². The summed E-state index contributed by atoms with van der Waals surface area (Å²) >= 11 is 0. The van der Waals surface area contributed by atoms with Gasteiger partial charge >= 0.3 is 0 Å². The van der Waals surface area contributed by atoms with E-state index >= 15 is 0 Å². The number of rotatable bonds is 8. The Kier molecular flexibility index (Phi) is 14.0. The van der Waals surface area contributed by atoms with Gasteiger partial charge in [0.25, 0.3) is 0 Å². The van der Waals surface area contributed by atoms with Crippen LogP contribution in [0.15, 0.2) is 340 Å². The fourth-order valence-electron chi connectivity index (χ4n) is 14.0. The van der Waals surface area contributed by atoms with Crippen molar-refractivity contribution >= 4 is 109 Å². The van der Waals surface area contributed by atoms with Gasteiger partial charge in [0.1, 0.15) is 0 Å². The third kappa shape index (κ3) is 10.8. The summed E-state index contributed by atoms with van der Waals surface area (Å²) < 4.78 is 0. The Morgan fingerprint density at radius 2 is 0.490 bits per heavy atom. The Bertz CT molecular complexity index is 6660. The average molecular weight is 1270 g/mol. The molecule has 100 heavy (non-hydrogen) atoms. The molecule has 0 N–H and O–H groups in total. The number of pyridine rings is 8. The fourth-order valence-corrected chi connectivity index (χ4v) is 14.0. The average Bonchev–Trinajstić information content (AvgIpc) is 0.798. The molecule has 0 aliphatic carbocycles. The number of fused-ring (bicyclic) bond motifs is 12. The van der Waals surface area contributed by atoms with E-state index in [4.69, 9.17) is 29.9 Å². The van der Waals surface area contributed by atoms with Crippen molar-refractivity contribution in [2.75, 3.05) is 0 Å². The molecule has 8 heteroatoms. The van der Waals surface area contributed by atoms with Gasteiger partial charge in [0.05, 0.1) is 78.3 Å². The maximum atomic E-state index is 5.11. The van der Waals surface area contributed by atoms with Crippen molar-refractivity contribution in [3.8, 4) is 89.8 Å². The molecular formula is C92H56N8. The lowest BCUT2D eigenvalue weighted by Crippen LogP contribution is -1.90. The van der Waals surface area contributed by atoms with E-state index in [0.717, 1.165) is 177 Å². The largest absolute Gasteiger partial charge is 0.254 e. The van der Waals surface area contributed by atoms with E-state index in [1.165, 1.54) is 21.5 Å². The molecule has 0 saturated heterocycles. The van der Waals surface area contributed by atoms with Crippen LogP contribution in [0.5, 0.6) is 0 Å². The Morgan fingerprint density at radius 3 is 1.03 bits per heavy atom. The molecule has 464 valence electrons. The van der Waals surface area contributed by atoms with E-state index in [1.807, 2.05) is 24.5 Å². The third-order valence-corrected chi connectivity index (χ3v) is 19.4. The standard InChI is InChI=1S/2C46H28N4/c1-2-8-38-29(5-1)6-3-9-39(38)43-25-21-37-27-35(20-24-42(37)48-43)36-17-14-32-18-22-40(49-44(32)28-36)30-10-12-31(13-11-30)41-23-19-34-16-15-33-7-4-26-47-45(33)46(34)50-41;1-2-5-35-26-38(16-7-29(35)4-1)43-24-20-39-27-36(19-23-42(39)48-43)37-15-12-32-17-21-40(49-44(32)28-37)30-8-10-31(11-9-30)41-22-18-34-14-13-33-6-3-25-47-45(33)46(34)50-41/h2*1-28H. The van der Waals surface area contributed by atoms with Crippen LogP contribution in [0.4, 0.5) is 0 Å². The van der Waals surface area contributed by atoms with Crippen LogP contribution in [0.25, 0.3) is 199 Å². The van der Waals surface area contributed by atoms with E-state index in [-0.39, 0.29) is 0 Å². The summed E-state index contributed by atoms with van der Waals surface area (Å²) in [6.07, 6.45) is 3.65. The molecule has 0 bridgehead atoms. The van der Waals surface area contributed by atoms with Gasteiger partial charge in [-0.1, -0.05) is 237 Å². The van der Waals surface area contributed by atoms with Gasteiger partial charge in [-0.2, -0.15) is 0 Å². The van der Waals surface area contributed by atoms with Crippen molar-refractivity contribution in [2.24, 2.45) is 0 Å². The molecule has 0 aliphatic heterocycles. The van der Waals surface area contributed by atoms with Crippen LogP contribution in [0.3, 0.4) is 0 Å². The SMILES string of the molecule is c1ccc2c(-c3ccc4cc(-c5ccc6ccc(-c7ccc(-c8ccc9ccc%10cccnc%10c9n8)cc7)nc6c5)ccc4n3)cccc2c1.c1ccc2cc(-c3ccc4cc(-c5ccc6ccc(-c7ccc(-c8ccc9ccc%10cccnc%10c9n8)cc7)nc6c5)ccc4n3)ccc2c1. The predicted octanol–water partition coefficient (Wildman–Crippen LogP) is 23.4. The van der Waals surface area contributed by atoms with Gasteiger partial charge in [0.2, 0.25) is 0 Å². The maximum absolute atomic E-state index is 5.11. The van der Waals surface area contributed by atoms with Crippen LogP contribution >= 0.6 is 0 Å². The minimum absolute atomic E-state index is 0.921. The summed E-state index contributed by atoms with van der Waals surface area (Å²) in [6.45, 7) is 0. The van der Waals surface area contributed by atoms with Crippen molar-refractivity contribution in [3.63, 3.8) is 0 Å². The van der Waals surface area contributed by atoms with E-state index < -0.39 is 0 Å². The first-order chi connectivity index (χ1) is 49.4. The summed E-state index contributed by atoms with van der Waals surface area (Å²) in [6, 6.07) is 115. The molecule has 0 aliphatic rings. The first-order valence-corrected chi connectivity index (χ1v) is 33.6. The van der Waals surface area contributed by atoms with Gasteiger partial charge in [-0.25, -0.2) is 29.9 Å². The lowest BCUT2D eigenvalue weighted by atomic mass is 9.99. The highest BCUT2D eigenvalue weighted by Gasteiger charge is 2.15. The zero-order valence-corrected chi connectivity index (χ0v) is 53.9. The fraction of sp³-hybridized carbons (Fsp3) is 0. The first kappa shape index (κ1) is 57.9. The summed E-state index contributed by atoms with van der Waals surface area (Å²) in [5.74, 6) is 0. The number of hydrogen-bond donors (Lipinski definition) is 0. The maximum Gasteiger partial charge on any atom is 0.0972 e. The molecule has 0 fully saturated rings. The van der Waals surface area contributed by atoms with Crippen LogP contribution in [-0.4, -0.2) is 39.9 Å². The van der Waals surface area contributed by atoms with Crippen molar-refractivity contribution in [1.82, 2.24) is 39.9 Å². The van der Waals surface area contributed by atoms with Crippen LogP contribution in [0, 0.1) is 0 Å². The molecule has 0 saturated carbocycles. The van der Waals surface area contributed by atoms with Gasteiger partial charge in [0, 0.05) is 88.9 Å². The third-order valence-electron chi connectivity index (χ3n) is 19.4. The second-order valence-electron chi connectivity index (χ2n) is 25.5. The molecule has 0 atom stereocenters.